The first-order valence-electron chi connectivity index (χ1n) is 6.20. The molecule has 2 rings (SSSR count). The van der Waals surface area contributed by atoms with Crippen molar-refractivity contribution in [1.82, 2.24) is 19.9 Å². The molecule has 1 unspecified atom stereocenters. The van der Waals surface area contributed by atoms with E-state index in [1.54, 1.807) is 17.9 Å². The molecule has 2 aromatic rings. The molecular weight excluding hydrogens is 287 g/mol. The third-order valence-electron chi connectivity index (χ3n) is 2.86. The fourth-order valence-corrected chi connectivity index (χ4v) is 1.93. The zero-order chi connectivity index (χ0) is 16.0. The van der Waals surface area contributed by atoms with Gasteiger partial charge in [-0.3, -0.25) is 4.68 Å². The summed E-state index contributed by atoms with van der Waals surface area (Å²) in [4.78, 5) is 3.33. The average Bonchev–Trinajstić information content (AvgIpc) is 2.92. The van der Waals surface area contributed by atoms with Crippen LogP contribution in [0.3, 0.4) is 0 Å². The Bertz CT molecular complexity index is 638. The average molecular weight is 303 g/mol. The van der Waals surface area contributed by atoms with E-state index in [4.69, 9.17) is 5.73 Å². The molecule has 0 spiro atoms. The predicted molar refractivity (Wildman–Crippen MR) is 67.2 cm³/mol. The SMILES string of the molecule is Cn1cc(C(N)c2noc(C(F)(F)F)n2)c(C(C)(C)C)n1. The Hall–Kier alpha value is -1.90. The lowest BCUT2D eigenvalue weighted by molar-refractivity contribution is -0.159. The lowest BCUT2D eigenvalue weighted by atomic mass is 9.87. The van der Waals surface area contributed by atoms with Crippen molar-refractivity contribution in [3.63, 3.8) is 0 Å². The highest BCUT2D eigenvalue weighted by atomic mass is 19.4. The van der Waals surface area contributed by atoms with E-state index in [-0.39, 0.29) is 11.2 Å². The normalized spacial score (nSPS) is 14.5. The van der Waals surface area contributed by atoms with Crippen LogP contribution in [0, 0.1) is 0 Å². The van der Waals surface area contributed by atoms with Crippen molar-refractivity contribution in [3.05, 3.63) is 29.2 Å². The van der Waals surface area contributed by atoms with Crippen LogP contribution in [0.5, 0.6) is 0 Å². The number of nitrogens with two attached hydrogens (primary N) is 1. The Labute approximate surface area is 119 Å². The van der Waals surface area contributed by atoms with Gasteiger partial charge in [0.2, 0.25) is 0 Å². The Kier molecular flexibility index (Phi) is 3.56. The predicted octanol–water partition coefficient (Wildman–Crippen LogP) is 2.17. The summed E-state index contributed by atoms with van der Waals surface area (Å²) in [5.74, 6) is -1.63. The highest BCUT2D eigenvalue weighted by Crippen LogP contribution is 2.32. The fraction of sp³-hybridized carbons (Fsp3) is 0.583. The number of nitrogens with zero attached hydrogens (tertiary/aromatic N) is 4. The molecule has 116 valence electrons. The van der Waals surface area contributed by atoms with Gasteiger partial charge in [0.15, 0.2) is 5.82 Å². The standard InChI is InChI=1S/C12H16F3N5O/c1-11(2,3)8-6(5-20(4)18-8)7(16)9-17-10(21-19-9)12(13,14)15/h5,7H,16H2,1-4H3. The molecule has 0 amide bonds. The summed E-state index contributed by atoms with van der Waals surface area (Å²) < 4.78 is 43.2. The molecule has 21 heavy (non-hydrogen) atoms. The monoisotopic (exact) mass is 303 g/mol. The maximum absolute atomic E-state index is 12.5. The Balaban J connectivity index is 2.41. The molecule has 0 bridgehead atoms. The smallest absolute Gasteiger partial charge is 0.329 e. The zero-order valence-corrected chi connectivity index (χ0v) is 12.1. The molecule has 9 heteroatoms. The molecule has 0 aliphatic rings. The summed E-state index contributed by atoms with van der Waals surface area (Å²) in [7, 11) is 1.71. The number of hydrogen-bond donors (Lipinski definition) is 1. The first kappa shape index (κ1) is 15.5. The second kappa shape index (κ2) is 4.83. The van der Waals surface area contributed by atoms with E-state index in [2.05, 4.69) is 19.8 Å². The van der Waals surface area contributed by atoms with E-state index in [1.807, 2.05) is 20.8 Å². The minimum absolute atomic E-state index is 0.221. The summed E-state index contributed by atoms with van der Waals surface area (Å²) in [6.07, 6.45) is -3.04. The lowest BCUT2D eigenvalue weighted by Crippen LogP contribution is -2.21. The fourth-order valence-electron chi connectivity index (χ4n) is 1.93. The summed E-state index contributed by atoms with van der Waals surface area (Å²) in [6.45, 7) is 5.80. The van der Waals surface area contributed by atoms with Gasteiger partial charge in [-0.15, -0.1) is 0 Å². The molecule has 0 aliphatic carbocycles. The summed E-state index contributed by atoms with van der Waals surface area (Å²) >= 11 is 0. The maximum atomic E-state index is 12.5. The maximum Gasteiger partial charge on any atom is 0.471 e. The zero-order valence-electron chi connectivity index (χ0n) is 12.1. The number of aromatic nitrogens is 4. The highest BCUT2D eigenvalue weighted by molar-refractivity contribution is 5.30. The van der Waals surface area contributed by atoms with Crippen LogP contribution < -0.4 is 5.73 Å². The summed E-state index contributed by atoms with van der Waals surface area (Å²) in [5.41, 5.74) is 6.91. The Morgan fingerprint density at radius 1 is 1.29 bits per heavy atom. The summed E-state index contributed by atoms with van der Waals surface area (Å²) in [5, 5.41) is 7.64. The van der Waals surface area contributed by atoms with Crippen molar-refractivity contribution in [2.45, 2.75) is 38.4 Å². The quantitative estimate of drug-likeness (QED) is 0.919. The van der Waals surface area contributed by atoms with Crippen LogP contribution in [0.15, 0.2) is 10.7 Å². The highest BCUT2D eigenvalue weighted by Gasteiger charge is 2.39. The number of aryl methyl sites for hydroxylation is 1. The Morgan fingerprint density at radius 2 is 1.90 bits per heavy atom. The van der Waals surface area contributed by atoms with Crippen LogP contribution in [0.1, 0.15) is 49.8 Å². The van der Waals surface area contributed by atoms with Gasteiger partial charge in [-0.25, -0.2) is 0 Å². The van der Waals surface area contributed by atoms with E-state index in [0.29, 0.717) is 11.3 Å². The van der Waals surface area contributed by atoms with Gasteiger partial charge in [0, 0.05) is 24.2 Å². The van der Waals surface area contributed by atoms with Gasteiger partial charge in [0.1, 0.15) is 0 Å². The largest absolute Gasteiger partial charge is 0.471 e. The van der Waals surface area contributed by atoms with Crippen LogP contribution in [-0.2, 0) is 18.6 Å². The minimum atomic E-state index is -4.69. The second-order valence-corrected chi connectivity index (χ2v) is 5.79. The molecule has 0 aliphatic heterocycles. The first-order valence-corrected chi connectivity index (χ1v) is 6.20. The van der Waals surface area contributed by atoms with E-state index in [1.165, 1.54) is 0 Å². The van der Waals surface area contributed by atoms with Crippen molar-refractivity contribution in [3.8, 4) is 0 Å². The van der Waals surface area contributed by atoms with Crippen LogP contribution in [0.25, 0.3) is 0 Å². The van der Waals surface area contributed by atoms with Crippen LogP contribution in [0.2, 0.25) is 0 Å². The van der Waals surface area contributed by atoms with Gasteiger partial charge in [-0.1, -0.05) is 25.9 Å². The van der Waals surface area contributed by atoms with E-state index < -0.39 is 18.1 Å². The molecule has 6 nitrogen and oxygen atoms in total. The number of halogens is 3. The van der Waals surface area contributed by atoms with Crippen molar-refractivity contribution in [2.75, 3.05) is 0 Å². The molecule has 0 saturated carbocycles. The third kappa shape index (κ3) is 3.07. The van der Waals surface area contributed by atoms with Crippen molar-refractivity contribution >= 4 is 0 Å². The second-order valence-electron chi connectivity index (χ2n) is 5.79. The molecule has 0 fully saturated rings. The van der Waals surface area contributed by atoms with Crippen molar-refractivity contribution in [2.24, 2.45) is 12.8 Å². The Morgan fingerprint density at radius 3 is 2.38 bits per heavy atom. The van der Waals surface area contributed by atoms with Gasteiger partial charge in [0.25, 0.3) is 0 Å². The third-order valence-corrected chi connectivity index (χ3v) is 2.86. The van der Waals surface area contributed by atoms with Gasteiger partial charge < -0.3 is 10.3 Å². The molecule has 0 radical (unpaired) electrons. The van der Waals surface area contributed by atoms with Gasteiger partial charge in [-0.2, -0.15) is 23.3 Å². The van der Waals surface area contributed by atoms with Gasteiger partial charge in [0.05, 0.1) is 11.7 Å². The van der Waals surface area contributed by atoms with E-state index >= 15 is 0 Å². The minimum Gasteiger partial charge on any atom is -0.329 e. The summed E-state index contributed by atoms with van der Waals surface area (Å²) in [6, 6.07) is -0.937. The molecule has 2 heterocycles. The first-order chi connectivity index (χ1) is 9.50. The van der Waals surface area contributed by atoms with Gasteiger partial charge >= 0.3 is 12.1 Å². The number of rotatable bonds is 2. The molecule has 0 saturated heterocycles. The molecule has 2 N–H and O–H groups in total. The number of alkyl halides is 3. The van der Waals surface area contributed by atoms with E-state index in [0.717, 1.165) is 0 Å². The van der Waals surface area contributed by atoms with Crippen LogP contribution in [-0.4, -0.2) is 19.9 Å². The molecule has 1 atom stereocenters. The topological polar surface area (TPSA) is 82.8 Å². The molecule has 2 aromatic heterocycles. The number of hydrogen-bond acceptors (Lipinski definition) is 5. The lowest BCUT2D eigenvalue weighted by Gasteiger charge is -2.19. The van der Waals surface area contributed by atoms with Crippen LogP contribution in [0.4, 0.5) is 13.2 Å². The van der Waals surface area contributed by atoms with Crippen molar-refractivity contribution in [1.29, 1.82) is 0 Å². The molecule has 0 aromatic carbocycles. The van der Waals surface area contributed by atoms with Crippen molar-refractivity contribution < 1.29 is 17.7 Å². The van der Waals surface area contributed by atoms with Crippen LogP contribution >= 0.6 is 0 Å². The van der Waals surface area contributed by atoms with Gasteiger partial charge in [-0.05, 0) is 0 Å². The van der Waals surface area contributed by atoms with E-state index in [9.17, 15) is 13.2 Å². The molecular formula is C12H16F3N5O.